The van der Waals surface area contributed by atoms with Gasteiger partial charge in [0, 0.05) is 9.80 Å². The van der Waals surface area contributed by atoms with Gasteiger partial charge in [0.1, 0.15) is 24.2 Å². The van der Waals surface area contributed by atoms with E-state index in [1.54, 1.807) is 13.2 Å². The van der Waals surface area contributed by atoms with Gasteiger partial charge in [-0.25, -0.2) is 0 Å². The molecule has 0 amide bonds. The van der Waals surface area contributed by atoms with Gasteiger partial charge in [-0.1, -0.05) is 37.9 Å². The van der Waals surface area contributed by atoms with Crippen molar-refractivity contribution in [2.24, 2.45) is 0 Å². The summed E-state index contributed by atoms with van der Waals surface area (Å²) >= 11 is 6.93. The summed E-state index contributed by atoms with van der Waals surface area (Å²) in [6.07, 6.45) is 0. The number of alkyl halides is 1. The van der Waals surface area contributed by atoms with Crippen molar-refractivity contribution in [3.8, 4) is 17.6 Å². The number of rotatable bonds is 5. The molecule has 2 rings (SSSR count). The summed E-state index contributed by atoms with van der Waals surface area (Å²) < 4.78 is 12.0. The lowest BCUT2D eigenvalue weighted by molar-refractivity contribution is 0.305. The number of benzene rings is 2. The lowest BCUT2D eigenvalue weighted by Gasteiger charge is -2.10. The molecule has 5 heteroatoms. The summed E-state index contributed by atoms with van der Waals surface area (Å²) in [5, 5.41) is 9.72. The molecule has 0 radical (unpaired) electrons. The van der Waals surface area contributed by atoms with Gasteiger partial charge < -0.3 is 9.47 Å². The second-order valence-corrected chi connectivity index (χ2v) is 5.74. The molecule has 3 nitrogen and oxygen atoms in total. The monoisotopic (exact) mass is 409 g/mol. The first-order valence-corrected chi connectivity index (χ1v) is 8.13. The lowest BCUT2D eigenvalue weighted by atomic mass is 10.1. The Morgan fingerprint density at radius 2 is 2.00 bits per heavy atom. The minimum Gasteiger partial charge on any atom is -0.495 e. The molecule has 21 heavy (non-hydrogen) atoms. The first-order valence-electron chi connectivity index (χ1n) is 6.22. The van der Waals surface area contributed by atoms with E-state index in [0.717, 1.165) is 26.7 Å². The van der Waals surface area contributed by atoms with E-state index in [1.165, 1.54) is 0 Å². The average molecular weight is 411 g/mol. The fourth-order valence-electron chi connectivity index (χ4n) is 1.83. The van der Waals surface area contributed by atoms with Gasteiger partial charge in [-0.3, -0.25) is 0 Å². The van der Waals surface area contributed by atoms with Crippen LogP contribution in [0.5, 0.6) is 11.5 Å². The summed E-state index contributed by atoms with van der Waals surface area (Å²) in [4.78, 5) is 0. The number of nitrogens with zero attached hydrogens (tertiary/aromatic N) is 1. The molecule has 0 saturated carbocycles. The molecule has 0 heterocycles. The Labute approximate surface area is 140 Å². The number of methoxy groups -OCH3 is 1. The SMILES string of the molecule is COc1cc(COc2ccc(Br)c(CBr)c2)ccc1C#N. The van der Waals surface area contributed by atoms with Crippen molar-refractivity contribution in [2.75, 3.05) is 7.11 Å². The van der Waals surface area contributed by atoms with Gasteiger partial charge in [0.25, 0.3) is 0 Å². The summed E-state index contributed by atoms with van der Waals surface area (Å²) in [6, 6.07) is 13.4. The molecule has 0 aliphatic rings. The highest BCUT2D eigenvalue weighted by Gasteiger charge is 2.05. The lowest BCUT2D eigenvalue weighted by Crippen LogP contribution is -1.98. The minimum absolute atomic E-state index is 0.422. The van der Waals surface area contributed by atoms with Crippen molar-refractivity contribution in [3.05, 3.63) is 57.6 Å². The van der Waals surface area contributed by atoms with Crippen LogP contribution in [0.1, 0.15) is 16.7 Å². The fourth-order valence-corrected chi connectivity index (χ4v) is 3.05. The normalized spacial score (nSPS) is 10.0. The van der Waals surface area contributed by atoms with Gasteiger partial charge in [-0.2, -0.15) is 5.26 Å². The summed E-state index contributed by atoms with van der Waals surface area (Å²) in [5.74, 6) is 1.37. The Bertz CT molecular complexity index is 680. The molecule has 0 aliphatic carbocycles. The summed E-state index contributed by atoms with van der Waals surface area (Å²) in [6.45, 7) is 0.422. The molecule has 108 valence electrons. The van der Waals surface area contributed by atoms with Gasteiger partial charge in [0.2, 0.25) is 0 Å². The van der Waals surface area contributed by atoms with E-state index in [1.807, 2.05) is 30.3 Å². The minimum atomic E-state index is 0.422. The fraction of sp³-hybridized carbons (Fsp3) is 0.188. The third-order valence-electron chi connectivity index (χ3n) is 2.95. The summed E-state index contributed by atoms with van der Waals surface area (Å²) in [5.41, 5.74) is 2.60. The Balaban J connectivity index is 2.11. The Morgan fingerprint density at radius 3 is 2.67 bits per heavy atom. The van der Waals surface area contributed by atoms with Crippen LogP contribution in [0.15, 0.2) is 40.9 Å². The van der Waals surface area contributed by atoms with E-state index in [0.29, 0.717) is 17.9 Å². The predicted octanol–water partition coefficient (Wildman–Crippen LogP) is 4.80. The smallest absolute Gasteiger partial charge is 0.137 e. The molecule has 0 aromatic heterocycles. The maximum absolute atomic E-state index is 8.96. The molecular formula is C16H13Br2NO2. The third kappa shape index (κ3) is 3.99. The zero-order valence-corrected chi connectivity index (χ0v) is 14.6. The van der Waals surface area contributed by atoms with E-state index < -0.39 is 0 Å². The van der Waals surface area contributed by atoms with Gasteiger partial charge in [-0.05, 0) is 41.5 Å². The van der Waals surface area contributed by atoms with Gasteiger partial charge >= 0.3 is 0 Å². The Morgan fingerprint density at radius 1 is 1.19 bits per heavy atom. The third-order valence-corrected chi connectivity index (χ3v) is 4.33. The predicted molar refractivity (Wildman–Crippen MR) is 88.8 cm³/mol. The van der Waals surface area contributed by atoms with Crippen LogP contribution < -0.4 is 9.47 Å². The van der Waals surface area contributed by atoms with Crippen molar-refractivity contribution in [2.45, 2.75) is 11.9 Å². The molecule has 0 aliphatic heterocycles. The van der Waals surface area contributed by atoms with Gasteiger partial charge in [0.15, 0.2) is 0 Å². The maximum Gasteiger partial charge on any atom is 0.137 e. The standard InChI is InChI=1S/C16H13Br2NO2/c1-20-16-6-11(2-3-12(16)9-19)10-21-14-4-5-15(18)13(7-14)8-17/h2-7H,8,10H2,1H3. The molecule has 2 aromatic rings. The van der Waals surface area contributed by atoms with Crippen LogP contribution in [0.2, 0.25) is 0 Å². The molecule has 0 bridgehead atoms. The molecule has 0 N–H and O–H groups in total. The number of hydrogen-bond donors (Lipinski definition) is 0. The van der Waals surface area contributed by atoms with Crippen molar-refractivity contribution in [3.63, 3.8) is 0 Å². The van der Waals surface area contributed by atoms with Crippen LogP contribution in [-0.2, 0) is 11.9 Å². The zero-order valence-electron chi connectivity index (χ0n) is 11.4. The van der Waals surface area contributed by atoms with Crippen LogP contribution in [-0.4, -0.2) is 7.11 Å². The highest BCUT2D eigenvalue weighted by molar-refractivity contribution is 9.10. The largest absolute Gasteiger partial charge is 0.495 e. The Kier molecular flexibility index (Phi) is 5.66. The van der Waals surface area contributed by atoms with Crippen LogP contribution in [0, 0.1) is 11.3 Å². The molecule has 0 unspecified atom stereocenters. The number of ether oxygens (including phenoxy) is 2. The maximum atomic E-state index is 8.96. The van der Waals surface area contributed by atoms with E-state index in [-0.39, 0.29) is 0 Å². The second kappa shape index (κ2) is 7.48. The average Bonchev–Trinajstić information content (AvgIpc) is 2.53. The van der Waals surface area contributed by atoms with E-state index in [2.05, 4.69) is 37.9 Å². The van der Waals surface area contributed by atoms with Gasteiger partial charge in [0.05, 0.1) is 12.7 Å². The van der Waals surface area contributed by atoms with Crippen molar-refractivity contribution in [1.29, 1.82) is 5.26 Å². The molecular weight excluding hydrogens is 398 g/mol. The quantitative estimate of drug-likeness (QED) is 0.664. The van der Waals surface area contributed by atoms with E-state index in [4.69, 9.17) is 14.7 Å². The summed E-state index contributed by atoms with van der Waals surface area (Å²) in [7, 11) is 1.55. The highest BCUT2D eigenvalue weighted by Crippen LogP contribution is 2.26. The van der Waals surface area contributed by atoms with Crippen molar-refractivity contribution < 1.29 is 9.47 Å². The molecule has 0 spiro atoms. The number of hydrogen-bond acceptors (Lipinski definition) is 3. The van der Waals surface area contributed by atoms with Crippen LogP contribution >= 0.6 is 31.9 Å². The van der Waals surface area contributed by atoms with Crippen LogP contribution in [0.4, 0.5) is 0 Å². The van der Waals surface area contributed by atoms with Crippen LogP contribution in [0.3, 0.4) is 0 Å². The second-order valence-electron chi connectivity index (χ2n) is 4.32. The van der Waals surface area contributed by atoms with Gasteiger partial charge in [-0.15, -0.1) is 0 Å². The Hall–Kier alpha value is -1.51. The topological polar surface area (TPSA) is 42.2 Å². The molecule has 0 atom stereocenters. The van der Waals surface area contributed by atoms with Crippen LogP contribution in [0.25, 0.3) is 0 Å². The van der Waals surface area contributed by atoms with E-state index >= 15 is 0 Å². The first-order chi connectivity index (χ1) is 10.2. The molecule has 0 saturated heterocycles. The molecule has 0 fully saturated rings. The number of halogens is 2. The molecule has 2 aromatic carbocycles. The highest BCUT2D eigenvalue weighted by atomic mass is 79.9. The first kappa shape index (κ1) is 15.9. The van der Waals surface area contributed by atoms with Crippen molar-refractivity contribution >= 4 is 31.9 Å². The van der Waals surface area contributed by atoms with E-state index in [9.17, 15) is 0 Å². The zero-order chi connectivity index (χ0) is 15.2. The number of nitriles is 1. The van der Waals surface area contributed by atoms with Crippen molar-refractivity contribution in [1.82, 2.24) is 0 Å².